The molecular weight excluding hydrogens is 464 g/mol. The predicted octanol–water partition coefficient (Wildman–Crippen LogP) is 9.16. The van der Waals surface area contributed by atoms with Gasteiger partial charge in [0.05, 0.1) is 0 Å². The van der Waals surface area contributed by atoms with Crippen LogP contribution in [-0.2, 0) is 13.6 Å². The Morgan fingerprint density at radius 3 is 2.00 bits per heavy atom. The fraction of sp³-hybridized carbons (Fsp3) is 0.900. The van der Waals surface area contributed by atoms with Crippen molar-refractivity contribution >= 4 is 22.4 Å². The second kappa shape index (κ2) is 12.5. The minimum atomic E-state index is -1.84. The number of allylic oxidation sites excluding steroid dienone is 1. The van der Waals surface area contributed by atoms with Gasteiger partial charge in [0.2, 0.25) is 0 Å². The van der Waals surface area contributed by atoms with Crippen LogP contribution in [0.2, 0.25) is 36.3 Å². The molecular formula is C30H58O3Si2. The minimum Gasteiger partial charge on any atom is -0.414 e. The van der Waals surface area contributed by atoms with Crippen LogP contribution in [0.1, 0.15) is 101 Å². The molecule has 0 amide bonds. The topological polar surface area (TPSA) is 35.5 Å². The van der Waals surface area contributed by atoms with Gasteiger partial charge in [-0.3, -0.25) is 4.79 Å². The van der Waals surface area contributed by atoms with Gasteiger partial charge >= 0.3 is 0 Å². The molecule has 2 aliphatic rings. The van der Waals surface area contributed by atoms with E-state index >= 15 is 0 Å². The Morgan fingerprint density at radius 1 is 0.943 bits per heavy atom. The molecule has 0 N–H and O–H groups in total. The largest absolute Gasteiger partial charge is 0.414 e. The van der Waals surface area contributed by atoms with E-state index in [-0.39, 0.29) is 5.78 Å². The Bertz CT molecular complexity index is 694. The summed E-state index contributed by atoms with van der Waals surface area (Å²) in [6, 6.07) is 6.92. The second-order valence-corrected chi connectivity index (χ2v) is 21.9. The molecule has 3 nitrogen and oxygen atoms in total. The molecule has 0 radical (unpaired) electrons. The van der Waals surface area contributed by atoms with E-state index in [4.69, 9.17) is 8.85 Å². The summed E-state index contributed by atoms with van der Waals surface area (Å²) in [5.74, 6) is 1.84. The summed E-state index contributed by atoms with van der Waals surface area (Å²) in [6.45, 7) is 22.6. The minimum absolute atomic E-state index is 0.130. The van der Waals surface area contributed by atoms with Crippen LogP contribution < -0.4 is 0 Å². The Balaban J connectivity index is 2.13. The highest BCUT2D eigenvalue weighted by atomic mass is 28.4. The average molecular weight is 523 g/mol. The summed E-state index contributed by atoms with van der Waals surface area (Å²) in [4.78, 5) is 13.3. The van der Waals surface area contributed by atoms with E-state index in [0.29, 0.717) is 29.3 Å². The van der Waals surface area contributed by atoms with Crippen molar-refractivity contribution in [2.45, 2.75) is 149 Å². The summed E-state index contributed by atoms with van der Waals surface area (Å²) >= 11 is 0. The van der Waals surface area contributed by atoms with Crippen molar-refractivity contribution in [2.75, 3.05) is 0 Å². The Morgan fingerprint density at radius 2 is 1.49 bits per heavy atom. The first kappa shape index (κ1) is 31.0. The number of hydrogen-bond donors (Lipinski definition) is 0. The number of ketones is 1. The van der Waals surface area contributed by atoms with E-state index in [1.54, 1.807) is 0 Å². The average Bonchev–Trinajstić information content (AvgIpc) is 3.22. The molecule has 0 aromatic heterocycles. The quantitative estimate of drug-likeness (QED) is 0.168. The number of carbonyl (C=O) groups is 1. The van der Waals surface area contributed by atoms with E-state index in [0.717, 1.165) is 18.1 Å². The standard InChI is InChI=1S/C30H58O3Si2/c1-11-34(12-2,13-3)32-27-18-17-23-30(10)25(20-21-26(27)30)24(7)19-22-28(31)29(8,9)33-35(14-4,15-5)16-6/h19,22,24-27H,11-18,20-21,23H2,1-10H3/b22-19+/t24-,25-,26+,27+,30-/m1/s1. The van der Waals surface area contributed by atoms with Gasteiger partial charge in [-0.05, 0) is 105 Å². The number of hydrogen-bond acceptors (Lipinski definition) is 3. The number of fused-ring (bicyclic) bond motifs is 1. The summed E-state index contributed by atoms with van der Waals surface area (Å²) in [7, 11) is -3.43. The van der Waals surface area contributed by atoms with Gasteiger partial charge in [0.1, 0.15) is 5.60 Å². The molecule has 0 unspecified atom stereocenters. The molecule has 0 aromatic rings. The zero-order chi connectivity index (χ0) is 26.5. The first-order valence-corrected chi connectivity index (χ1v) is 20.1. The molecule has 0 aromatic carbocycles. The van der Waals surface area contributed by atoms with Gasteiger partial charge in [-0.1, -0.05) is 67.9 Å². The maximum absolute atomic E-state index is 13.3. The lowest BCUT2D eigenvalue weighted by molar-refractivity contribution is -0.127. The van der Waals surface area contributed by atoms with Crippen LogP contribution in [0, 0.1) is 23.2 Å². The lowest BCUT2D eigenvalue weighted by Gasteiger charge is -2.48. The molecule has 0 saturated heterocycles. The number of carbonyl (C=O) groups excluding carboxylic acids is 1. The van der Waals surface area contributed by atoms with Crippen LogP contribution in [0.25, 0.3) is 0 Å². The zero-order valence-electron chi connectivity index (χ0n) is 25.0. The molecule has 0 heterocycles. The van der Waals surface area contributed by atoms with Crippen molar-refractivity contribution in [3.63, 3.8) is 0 Å². The molecule has 2 saturated carbocycles. The van der Waals surface area contributed by atoms with Crippen molar-refractivity contribution in [1.29, 1.82) is 0 Å². The van der Waals surface area contributed by atoms with Gasteiger partial charge in [0, 0.05) is 6.10 Å². The SMILES string of the molecule is CC[Si](CC)(CC)O[C@H]1CCC[C@]2(C)[C@@H]([C@H](C)/C=C/C(=O)C(C)(C)O[Si](CC)(CC)CC)CC[C@@H]12. The van der Waals surface area contributed by atoms with E-state index in [1.807, 2.05) is 19.9 Å². The Labute approximate surface area is 220 Å². The highest BCUT2D eigenvalue weighted by molar-refractivity contribution is 6.74. The Hall–Kier alpha value is -0.236. The van der Waals surface area contributed by atoms with E-state index in [9.17, 15) is 4.79 Å². The fourth-order valence-corrected chi connectivity index (χ4v) is 13.7. The van der Waals surface area contributed by atoms with Crippen LogP contribution in [0.3, 0.4) is 0 Å². The lowest BCUT2D eigenvalue weighted by Crippen LogP contribution is -2.48. The van der Waals surface area contributed by atoms with Crippen molar-refractivity contribution in [3.05, 3.63) is 12.2 Å². The maximum atomic E-state index is 13.3. The van der Waals surface area contributed by atoms with E-state index in [2.05, 4.69) is 61.5 Å². The normalized spacial score (nSPS) is 28.9. The zero-order valence-corrected chi connectivity index (χ0v) is 27.0. The van der Waals surface area contributed by atoms with Crippen LogP contribution in [0.15, 0.2) is 12.2 Å². The van der Waals surface area contributed by atoms with Crippen LogP contribution >= 0.6 is 0 Å². The van der Waals surface area contributed by atoms with Gasteiger partial charge in [-0.25, -0.2) is 0 Å². The van der Waals surface area contributed by atoms with Gasteiger partial charge in [-0.15, -0.1) is 0 Å². The molecule has 5 heteroatoms. The summed E-state index contributed by atoms with van der Waals surface area (Å²) in [6.07, 6.45) is 10.9. The van der Waals surface area contributed by atoms with E-state index < -0.39 is 22.2 Å². The molecule has 35 heavy (non-hydrogen) atoms. The first-order valence-electron chi connectivity index (χ1n) is 15.0. The molecule has 2 rings (SSSR count). The van der Waals surface area contributed by atoms with Crippen LogP contribution in [0.4, 0.5) is 0 Å². The third-order valence-electron chi connectivity index (χ3n) is 10.7. The van der Waals surface area contributed by atoms with E-state index in [1.165, 1.54) is 50.2 Å². The molecule has 5 atom stereocenters. The molecule has 2 aliphatic carbocycles. The molecule has 0 aliphatic heterocycles. The molecule has 0 spiro atoms. The predicted molar refractivity (Wildman–Crippen MR) is 156 cm³/mol. The van der Waals surface area contributed by atoms with Gasteiger partial charge in [0.25, 0.3) is 0 Å². The second-order valence-electron chi connectivity index (χ2n) is 12.5. The molecule has 204 valence electrons. The highest BCUT2D eigenvalue weighted by Gasteiger charge is 2.53. The summed E-state index contributed by atoms with van der Waals surface area (Å²) in [5.41, 5.74) is -0.406. The highest BCUT2D eigenvalue weighted by Crippen LogP contribution is 2.59. The van der Waals surface area contributed by atoms with Gasteiger partial charge in [0.15, 0.2) is 22.4 Å². The van der Waals surface area contributed by atoms with Crippen molar-refractivity contribution in [3.8, 4) is 0 Å². The summed E-state index contributed by atoms with van der Waals surface area (Å²) in [5, 5.41) is 0. The molecule has 2 fully saturated rings. The smallest absolute Gasteiger partial charge is 0.193 e. The van der Waals surface area contributed by atoms with Gasteiger partial charge < -0.3 is 8.85 Å². The number of rotatable bonds is 14. The molecule has 0 bridgehead atoms. The third-order valence-corrected chi connectivity index (χ3v) is 20.1. The van der Waals surface area contributed by atoms with Crippen molar-refractivity contribution < 1.29 is 13.6 Å². The lowest BCUT2D eigenvalue weighted by atomic mass is 9.62. The van der Waals surface area contributed by atoms with Crippen LogP contribution in [0.5, 0.6) is 0 Å². The van der Waals surface area contributed by atoms with Crippen molar-refractivity contribution in [1.82, 2.24) is 0 Å². The monoisotopic (exact) mass is 522 g/mol. The van der Waals surface area contributed by atoms with Crippen LogP contribution in [-0.4, -0.2) is 34.1 Å². The maximum Gasteiger partial charge on any atom is 0.193 e. The third kappa shape index (κ3) is 6.61. The fourth-order valence-electron chi connectivity index (χ4n) is 7.62. The van der Waals surface area contributed by atoms with Gasteiger partial charge in [-0.2, -0.15) is 0 Å². The summed E-state index contributed by atoms with van der Waals surface area (Å²) < 4.78 is 13.7. The van der Waals surface area contributed by atoms with Crippen molar-refractivity contribution in [2.24, 2.45) is 23.2 Å². The first-order chi connectivity index (χ1) is 16.4. The Kier molecular flexibility index (Phi) is 11.1.